The molecule has 0 unspecified atom stereocenters. The van der Waals surface area contributed by atoms with Crippen LogP contribution in [0, 0.1) is 28.6 Å². The van der Waals surface area contributed by atoms with Crippen LogP contribution in [0.3, 0.4) is 0 Å². The molecule has 11 heavy (non-hydrogen) atoms. The molecule has 2 N–H and O–H groups in total. The first-order valence-corrected chi connectivity index (χ1v) is 4.32. The molecule has 0 aromatic rings. The van der Waals surface area contributed by atoms with Gasteiger partial charge in [-0.3, -0.25) is 0 Å². The van der Waals surface area contributed by atoms with E-state index in [1.165, 1.54) is 6.42 Å². The molecule has 0 aliphatic heterocycles. The van der Waals surface area contributed by atoms with Crippen molar-refractivity contribution in [3.63, 3.8) is 0 Å². The molecule has 0 radical (unpaired) electrons. The normalized spacial score (nSPS) is 54.5. The van der Waals surface area contributed by atoms with Gasteiger partial charge in [0.05, 0.1) is 11.5 Å². The van der Waals surface area contributed by atoms with E-state index in [-0.39, 0.29) is 5.41 Å². The summed E-state index contributed by atoms with van der Waals surface area (Å²) in [5.74, 6) is 1.23. The Morgan fingerprint density at radius 2 is 2.27 bits per heavy atom. The third kappa shape index (κ3) is 0.810. The molecule has 2 saturated carbocycles. The van der Waals surface area contributed by atoms with Gasteiger partial charge in [0.25, 0.3) is 0 Å². The van der Waals surface area contributed by atoms with E-state index in [4.69, 9.17) is 11.0 Å². The van der Waals surface area contributed by atoms with Crippen LogP contribution < -0.4 is 5.73 Å². The van der Waals surface area contributed by atoms with Gasteiger partial charge < -0.3 is 5.73 Å². The monoisotopic (exact) mass is 150 g/mol. The van der Waals surface area contributed by atoms with E-state index < -0.39 is 0 Å². The molecule has 2 bridgehead atoms. The second-order valence-corrected chi connectivity index (χ2v) is 4.34. The Morgan fingerprint density at radius 1 is 1.55 bits per heavy atom. The van der Waals surface area contributed by atoms with Crippen LogP contribution in [-0.2, 0) is 0 Å². The molecule has 0 spiro atoms. The van der Waals surface area contributed by atoms with Crippen LogP contribution in [0.4, 0.5) is 0 Å². The number of hydrogen-bond donors (Lipinski definition) is 1. The standard InChI is InChI=1S/C9H14N2/c1-9(5-10)4-6-2-7(9)8(11)3-6/h6-8H,2-4,11H2,1H3/t6-,7+,8+,9-/m0/s1. The maximum atomic E-state index is 8.96. The van der Waals surface area contributed by atoms with Crippen molar-refractivity contribution in [3.8, 4) is 6.07 Å². The number of rotatable bonds is 0. The van der Waals surface area contributed by atoms with E-state index in [1.54, 1.807) is 0 Å². The zero-order valence-corrected chi connectivity index (χ0v) is 6.88. The van der Waals surface area contributed by atoms with Crippen LogP contribution in [-0.4, -0.2) is 6.04 Å². The summed E-state index contributed by atoms with van der Waals surface area (Å²) in [5, 5.41) is 8.96. The van der Waals surface area contributed by atoms with Gasteiger partial charge in [-0.2, -0.15) is 5.26 Å². The maximum absolute atomic E-state index is 8.96. The van der Waals surface area contributed by atoms with Crippen LogP contribution in [0.5, 0.6) is 0 Å². The Morgan fingerprint density at radius 3 is 2.64 bits per heavy atom. The SMILES string of the molecule is C[C@@]1(C#N)C[C@@H]2C[C@@H](N)[C@H]1C2. The number of nitrogens with zero attached hydrogens (tertiary/aromatic N) is 1. The predicted octanol–water partition coefficient (Wildman–Crippen LogP) is 1.27. The summed E-state index contributed by atoms with van der Waals surface area (Å²) in [7, 11) is 0. The van der Waals surface area contributed by atoms with E-state index in [1.807, 2.05) is 0 Å². The van der Waals surface area contributed by atoms with Crippen LogP contribution in [0.15, 0.2) is 0 Å². The molecule has 2 rings (SSSR count). The molecule has 2 heteroatoms. The summed E-state index contributed by atoms with van der Waals surface area (Å²) in [6, 6.07) is 2.73. The predicted molar refractivity (Wildman–Crippen MR) is 42.5 cm³/mol. The van der Waals surface area contributed by atoms with E-state index in [2.05, 4.69) is 13.0 Å². The van der Waals surface area contributed by atoms with Gasteiger partial charge in [-0.05, 0) is 38.0 Å². The van der Waals surface area contributed by atoms with Crippen molar-refractivity contribution < 1.29 is 0 Å². The molecule has 2 aliphatic carbocycles. The molecule has 0 amide bonds. The highest BCUT2D eigenvalue weighted by Crippen LogP contribution is 2.54. The fourth-order valence-electron chi connectivity index (χ4n) is 2.96. The molecular formula is C9H14N2. The molecule has 2 nitrogen and oxygen atoms in total. The Hall–Kier alpha value is -0.550. The minimum Gasteiger partial charge on any atom is -0.327 e. The van der Waals surface area contributed by atoms with Crippen molar-refractivity contribution in [3.05, 3.63) is 0 Å². The van der Waals surface area contributed by atoms with Crippen molar-refractivity contribution in [2.45, 2.75) is 32.2 Å². The molecule has 60 valence electrons. The lowest BCUT2D eigenvalue weighted by atomic mass is 9.74. The highest BCUT2D eigenvalue weighted by molar-refractivity contribution is 5.12. The first-order valence-electron chi connectivity index (χ1n) is 4.32. The van der Waals surface area contributed by atoms with Gasteiger partial charge in [0.15, 0.2) is 0 Å². The average Bonchev–Trinajstić information content (AvgIpc) is 2.44. The summed E-state index contributed by atoms with van der Waals surface area (Å²) in [6.07, 6.45) is 3.44. The van der Waals surface area contributed by atoms with Crippen molar-refractivity contribution in [1.29, 1.82) is 5.26 Å². The minimum atomic E-state index is -0.0949. The molecule has 2 aliphatic rings. The Bertz CT molecular complexity index is 218. The quantitative estimate of drug-likeness (QED) is 0.565. The Balaban J connectivity index is 2.26. The minimum absolute atomic E-state index is 0.0949. The van der Waals surface area contributed by atoms with Crippen molar-refractivity contribution in [2.24, 2.45) is 23.0 Å². The van der Waals surface area contributed by atoms with Gasteiger partial charge in [0.1, 0.15) is 0 Å². The molecule has 0 saturated heterocycles. The third-order valence-corrected chi connectivity index (χ3v) is 3.50. The van der Waals surface area contributed by atoms with Crippen molar-refractivity contribution >= 4 is 0 Å². The zero-order valence-electron chi connectivity index (χ0n) is 6.88. The van der Waals surface area contributed by atoms with Gasteiger partial charge in [0, 0.05) is 6.04 Å². The second-order valence-electron chi connectivity index (χ2n) is 4.34. The molecule has 2 fully saturated rings. The molecule has 0 aromatic heterocycles. The summed E-state index contributed by atoms with van der Waals surface area (Å²) in [6.45, 7) is 2.07. The third-order valence-electron chi connectivity index (χ3n) is 3.50. The van der Waals surface area contributed by atoms with Crippen LogP contribution in [0.1, 0.15) is 26.2 Å². The van der Waals surface area contributed by atoms with Crippen molar-refractivity contribution in [2.75, 3.05) is 0 Å². The van der Waals surface area contributed by atoms with Crippen LogP contribution in [0.2, 0.25) is 0 Å². The number of fused-ring (bicyclic) bond motifs is 2. The van der Waals surface area contributed by atoms with Gasteiger partial charge in [0.2, 0.25) is 0 Å². The lowest BCUT2D eigenvalue weighted by Gasteiger charge is -2.30. The molecule has 0 aromatic carbocycles. The van der Waals surface area contributed by atoms with E-state index in [0.717, 1.165) is 18.8 Å². The molecular weight excluding hydrogens is 136 g/mol. The summed E-state index contributed by atoms with van der Waals surface area (Å²) in [4.78, 5) is 0. The fraction of sp³-hybridized carbons (Fsp3) is 0.889. The lowest BCUT2D eigenvalue weighted by Crippen LogP contribution is -2.37. The zero-order chi connectivity index (χ0) is 8.06. The summed E-state index contributed by atoms with van der Waals surface area (Å²) in [5.41, 5.74) is 5.83. The van der Waals surface area contributed by atoms with E-state index in [0.29, 0.717) is 12.0 Å². The number of nitrogens with two attached hydrogens (primary N) is 1. The Kier molecular flexibility index (Phi) is 1.28. The van der Waals surface area contributed by atoms with Gasteiger partial charge in [-0.25, -0.2) is 0 Å². The first-order chi connectivity index (χ1) is 5.15. The smallest absolute Gasteiger partial charge is 0.0690 e. The van der Waals surface area contributed by atoms with Crippen molar-refractivity contribution in [1.82, 2.24) is 0 Å². The largest absolute Gasteiger partial charge is 0.327 e. The number of nitriles is 1. The van der Waals surface area contributed by atoms with Crippen LogP contribution >= 0.6 is 0 Å². The highest BCUT2D eigenvalue weighted by Gasteiger charge is 2.52. The lowest BCUT2D eigenvalue weighted by molar-refractivity contribution is 0.238. The summed E-state index contributed by atoms with van der Waals surface area (Å²) < 4.78 is 0. The highest BCUT2D eigenvalue weighted by atomic mass is 14.7. The van der Waals surface area contributed by atoms with Gasteiger partial charge in [-0.1, -0.05) is 0 Å². The Labute approximate surface area is 67.4 Å². The summed E-state index contributed by atoms with van der Waals surface area (Å²) >= 11 is 0. The van der Waals surface area contributed by atoms with E-state index >= 15 is 0 Å². The maximum Gasteiger partial charge on any atom is 0.0690 e. The second kappa shape index (κ2) is 1.98. The topological polar surface area (TPSA) is 49.8 Å². The average molecular weight is 150 g/mol. The molecule has 0 heterocycles. The van der Waals surface area contributed by atoms with E-state index in [9.17, 15) is 0 Å². The van der Waals surface area contributed by atoms with Gasteiger partial charge >= 0.3 is 0 Å². The van der Waals surface area contributed by atoms with Gasteiger partial charge in [-0.15, -0.1) is 0 Å². The number of hydrogen-bond acceptors (Lipinski definition) is 2. The first kappa shape index (κ1) is 7.12. The fourth-order valence-corrected chi connectivity index (χ4v) is 2.96. The van der Waals surface area contributed by atoms with Crippen LogP contribution in [0.25, 0.3) is 0 Å². The molecule has 4 atom stereocenters.